The van der Waals surface area contributed by atoms with Crippen LogP contribution in [0.15, 0.2) is 11.1 Å². The van der Waals surface area contributed by atoms with Crippen molar-refractivity contribution in [1.82, 2.24) is 15.0 Å². The number of amides is 1. The van der Waals surface area contributed by atoms with Crippen molar-refractivity contribution in [3.05, 3.63) is 27.1 Å². The maximum atomic E-state index is 12.7. The lowest BCUT2D eigenvalue weighted by atomic mass is 9.89. The van der Waals surface area contributed by atoms with Crippen LogP contribution < -0.4 is 16.8 Å². The highest BCUT2D eigenvalue weighted by molar-refractivity contribution is 7.18. The van der Waals surface area contributed by atoms with Crippen molar-refractivity contribution in [2.24, 2.45) is 11.8 Å². The zero-order valence-electron chi connectivity index (χ0n) is 12.0. The summed E-state index contributed by atoms with van der Waals surface area (Å²) in [6, 6.07) is -0.669. The van der Waals surface area contributed by atoms with E-state index >= 15 is 0 Å². The first-order chi connectivity index (χ1) is 10.0. The van der Waals surface area contributed by atoms with Gasteiger partial charge in [-0.2, -0.15) is 0 Å². The second kappa shape index (κ2) is 5.23. The largest absolute Gasteiger partial charge is 0.292 e. The standard InChI is InChI=1S/C14H18N4O2S/c1-7-3-4-9-10(5-7)21-13-11(9)14(20)18(6-16-13)8(2)12(19)17-15/h6-8H,3-5,15H2,1-2H3,(H,17,19)/t7-,8-/m0/s1. The maximum absolute atomic E-state index is 12.7. The van der Waals surface area contributed by atoms with Crippen LogP contribution in [-0.2, 0) is 17.6 Å². The van der Waals surface area contributed by atoms with Crippen LogP contribution in [0.4, 0.5) is 0 Å². The van der Waals surface area contributed by atoms with E-state index in [9.17, 15) is 9.59 Å². The van der Waals surface area contributed by atoms with E-state index in [4.69, 9.17) is 5.84 Å². The lowest BCUT2D eigenvalue weighted by Crippen LogP contribution is -2.39. The Balaban J connectivity index is 2.17. The molecule has 2 heterocycles. The Kier molecular flexibility index (Phi) is 3.54. The number of carbonyl (C=O) groups is 1. The van der Waals surface area contributed by atoms with Crippen LogP contribution in [-0.4, -0.2) is 15.5 Å². The number of thiophene rings is 1. The highest BCUT2D eigenvalue weighted by atomic mass is 32.1. The first kappa shape index (κ1) is 14.2. The van der Waals surface area contributed by atoms with Gasteiger partial charge in [0.15, 0.2) is 0 Å². The molecule has 2 atom stereocenters. The van der Waals surface area contributed by atoms with Gasteiger partial charge in [0.25, 0.3) is 11.5 Å². The van der Waals surface area contributed by atoms with Crippen molar-refractivity contribution in [1.29, 1.82) is 0 Å². The van der Waals surface area contributed by atoms with Crippen molar-refractivity contribution in [3.63, 3.8) is 0 Å². The molecule has 0 radical (unpaired) electrons. The predicted molar refractivity (Wildman–Crippen MR) is 82.1 cm³/mol. The predicted octanol–water partition coefficient (Wildman–Crippen LogP) is 1.13. The average Bonchev–Trinajstić information content (AvgIpc) is 2.84. The fraction of sp³-hybridized carbons (Fsp3) is 0.500. The Morgan fingerprint density at radius 1 is 1.62 bits per heavy atom. The lowest BCUT2D eigenvalue weighted by Gasteiger charge is -2.18. The highest BCUT2D eigenvalue weighted by Crippen LogP contribution is 2.35. The molecule has 2 aromatic heterocycles. The summed E-state index contributed by atoms with van der Waals surface area (Å²) in [6.07, 6.45) is 4.45. The van der Waals surface area contributed by atoms with E-state index in [1.165, 1.54) is 15.8 Å². The summed E-state index contributed by atoms with van der Waals surface area (Å²) in [7, 11) is 0. The molecule has 7 heteroatoms. The molecule has 1 aliphatic rings. The van der Waals surface area contributed by atoms with Gasteiger partial charge in [-0.15, -0.1) is 11.3 Å². The second-order valence-electron chi connectivity index (χ2n) is 5.67. The summed E-state index contributed by atoms with van der Waals surface area (Å²) in [5.41, 5.74) is 3.05. The molecule has 1 aliphatic carbocycles. The van der Waals surface area contributed by atoms with Crippen LogP contribution in [0, 0.1) is 5.92 Å². The molecular formula is C14H18N4O2S. The molecule has 0 unspecified atom stereocenters. The minimum Gasteiger partial charge on any atom is -0.292 e. The van der Waals surface area contributed by atoms with E-state index in [0.717, 1.165) is 29.7 Å². The molecule has 1 amide bonds. The van der Waals surface area contributed by atoms with E-state index in [1.807, 2.05) is 0 Å². The number of aromatic nitrogens is 2. The third-order valence-electron chi connectivity index (χ3n) is 4.18. The Morgan fingerprint density at radius 3 is 3.10 bits per heavy atom. The molecule has 0 spiro atoms. The van der Waals surface area contributed by atoms with Crippen molar-refractivity contribution in [3.8, 4) is 0 Å². The fourth-order valence-electron chi connectivity index (χ4n) is 2.87. The number of nitrogens with two attached hydrogens (primary N) is 1. The minimum atomic E-state index is -0.669. The van der Waals surface area contributed by atoms with Crippen LogP contribution in [0.25, 0.3) is 10.2 Å². The molecule has 6 nitrogen and oxygen atoms in total. The van der Waals surface area contributed by atoms with Gasteiger partial charge in [0.05, 0.1) is 11.7 Å². The number of rotatable bonds is 2. The number of nitrogens with one attached hydrogen (secondary N) is 1. The van der Waals surface area contributed by atoms with Crippen LogP contribution in [0.5, 0.6) is 0 Å². The number of hydrogen-bond donors (Lipinski definition) is 2. The smallest absolute Gasteiger partial charge is 0.263 e. The summed E-state index contributed by atoms with van der Waals surface area (Å²) in [4.78, 5) is 30.8. The average molecular weight is 306 g/mol. The molecule has 0 aromatic carbocycles. The number of nitrogens with zero attached hydrogens (tertiary/aromatic N) is 2. The second-order valence-corrected chi connectivity index (χ2v) is 6.76. The summed E-state index contributed by atoms with van der Waals surface area (Å²) in [6.45, 7) is 3.87. The highest BCUT2D eigenvalue weighted by Gasteiger charge is 2.24. The molecule has 0 saturated carbocycles. The van der Waals surface area contributed by atoms with E-state index in [2.05, 4.69) is 17.3 Å². The molecule has 3 rings (SSSR count). The van der Waals surface area contributed by atoms with Crippen LogP contribution in [0.3, 0.4) is 0 Å². The van der Waals surface area contributed by atoms with Gasteiger partial charge in [0, 0.05) is 4.88 Å². The molecule has 2 aromatic rings. The number of hydrazine groups is 1. The van der Waals surface area contributed by atoms with E-state index in [0.29, 0.717) is 11.3 Å². The third-order valence-corrected chi connectivity index (χ3v) is 5.34. The summed E-state index contributed by atoms with van der Waals surface area (Å²) in [5, 5.41) is 0.682. The first-order valence-corrected chi connectivity index (χ1v) is 7.86. The van der Waals surface area contributed by atoms with Crippen molar-refractivity contribution in [2.45, 2.75) is 39.2 Å². The summed E-state index contributed by atoms with van der Waals surface area (Å²) in [5.74, 6) is 5.39. The molecular weight excluding hydrogens is 288 g/mol. The summed E-state index contributed by atoms with van der Waals surface area (Å²) < 4.78 is 1.36. The van der Waals surface area contributed by atoms with Gasteiger partial charge in [-0.25, -0.2) is 10.8 Å². The zero-order chi connectivity index (χ0) is 15.1. The Morgan fingerprint density at radius 2 is 2.38 bits per heavy atom. The molecule has 21 heavy (non-hydrogen) atoms. The van der Waals surface area contributed by atoms with E-state index < -0.39 is 11.9 Å². The van der Waals surface area contributed by atoms with Gasteiger partial charge in [-0.3, -0.25) is 19.6 Å². The first-order valence-electron chi connectivity index (χ1n) is 7.04. The van der Waals surface area contributed by atoms with Crippen LogP contribution in [0.2, 0.25) is 0 Å². The van der Waals surface area contributed by atoms with Gasteiger partial charge in [0.2, 0.25) is 0 Å². The van der Waals surface area contributed by atoms with Crippen LogP contribution >= 0.6 is 11.3 Å². The van der Waals surface area contributed by atoms with Crippen molar-refractivity contribution >= 4 is 27.5 Å². The number of aryl methyl sites for hydroxylation is 1. The summed E-state index contributed by atoms with van der Waals surface area (Å²) >= 11 is 1.60. The fourth-order valence-corrected chi connectivity index (χ4v) is 4.21. The van der Waals surface area contributed by atoms with E-state index in [-0.39, 0.29) is 5.56 Å². The number of hydrogen-bond acceptors (Lipinski definition) is 5. The molecule has 0 fully saturated rings. The van der Waals surface area contributed by atoms with E-state index in [1.54, 1.807) is 18.3 Å². The lowest BCUT2D eigenvalue weighted by molar-refractivity contribution is -0.124. The monoisotopic (exact) mass is 306 g/mol. The van der Waals surface area contributed by atoms with Gasteiger partial charge in [-0.1, -0.05) is 6.92 Å². The minimum absolute atomic E-state index is 0.150. The quantitative estimate of drug-likeness (QED) is 0.494. The van der Waals surface area contributed by atoms with Crippen molar-refractivity contribution < 1.29 is 4.79 Å². The number of carbonyl (C=O) groups excluding carboxylic acids is 1. The Labute approximate surface area is 125 Å². The maximum Gasteiger partial charge on any atom is 0.263 e. The Hall–Kier alpha value is -1.73. The molecule has 112 valence electrons. The van der Waals surface area contributed by atoms with Gasteiger partial charge < -0.3 is 0 Å². The topological polar surface area (TPSA) is 90.0 Å². The molecule has 0 bridgehead atoms. The Bertz CT molecular complexity index is 764. The normalized spacial score (nSPS) is 19.3. The van der Waals surface area contributed by atoms with Gasteiger partial charge in [0.1, 0.15) is 10.9 Å². The number of fused-ring (bicyclic) bond motifs is 3. The molecule has 3 N–H and O–H groups in total. The van der Waals surface area contributed by atoms with Gasteiger partial charge >= 0.3 is 0 Å². The molecule has 0 aliphatic heterocycles. The SMILES string of the molecule is C[C@H]1CCc2c(sc3ncn([C@@H](C)C(=O)NN)c(=O)c23)C1. The van der Waals surface area contributed by atoms with Gasteiger partial charge in [-0.05, 0) is 37.7 Å². The third kappa shape index (κ3) is 2.26. The van der Waals surface area contributed by atoms with Crippen molar-refractivity contribution in [2.75, 3.05) is 0 Å². The zero-order valence-corrected chi connectivity index (χ0v) is 12.9. The molecule has 0 saturated heterocycles. The van der Waals surface area contributed by atoms with Crippen LogP contribution in [0.1, 0.15) is 36.8 Å².